The molecule has 1 atom stereocenters. The van der Waals surface area contributed by atoms with Crippen molar-refractivity contribution in [3.63, 3.8) is 0 Å². The highest BCUT2D eigenvalue weighted by Gasteiger charge is 2.28. The summed E-state index contributed by atoms with van der Waals surface area (Å²) < 4.78 is 11.1. The van der Waals surface area contributed by atoms with Gasteiger partial charge in [-0.15, -0.1) is 0 Å². The van der Waals surface area contributed by atoms with E-state index >= 15 is 0 Å². The molecule has 0 saturated carbocycles. The van der Waals surface area contributed by atoms with E-state index in [2.05, 4.69) is 6.07 Å². The van der Waals surface area contributed by atoms with Crippen LogP contribution in [0.2, 0.25) is 0 Å². The van der Waals surface area contributed by atoms with Crippen molar-refractivity contribution in [2.24, 2.45) is 0 Å². The topological polar surface area (TPSA) is 38.7 Å². The second-order valence-corrected chi connectivity index (χ2v) is 5.81. The molecule has 1 aliphatic heterocycles. The fraction of sp³-hybridized carbons (Fsp3) is 0.333. The Morgan fingerprint density at radius 1 is 0.857 bits per heavy atom. The van der Waals surface area contributed by atoms with Crippen LogP contribution in [0.1, 0.15) is 29.2 Å². The fourth-order valence-corrected chi connectivity index (χ4v) is 2.77. The van der Waals surface area contributed by atoms with Crippen LogP contribution in [0.3, 0.4) is 0 Å². The van der Waals surface area contributed by atoms with Crippen molar-refractivity contribution in [3.8, 4) is 11.5 Å². The lowest BCUT2D eigenvalue weighted by Gasteiger charge is -2.27. The van der Waals surface area contributed by atoms with E-state index in [-0.39, 0.29) is 0 Å². The number of rotatable bonds is 2. The Balaban J connectivity index is 2.04. The second-order valence-electron chi connectivity index (χ2n) is 5.81. The SMILES string of the molecule is Cc1cc(C)cc(C(C)(O)c2ccc3c(c2)OCCO3)c1. The van der Waals surface area contributed by atoms with Gasteiger partial charge in [0.25, 0.3) is 0 Å². The van der Waals surface area contributed by atoms with E-state index < -0.39 is 5.60 Å². The van der Waals surface area contributed by atoms with Gasteiger partial charge in [-0.2, -0.15) is 0 Å². The third kappa shape index (κ3) is 2.61. The normalized spacial score (nSPS) is 16.4. The lowest BCUT2D eigenvalue weighted by Crippen LogP contribution is -2.24. The first-order chi connectivity index (χ1) is 9.96. The van der Waals surface area contributed by atoms with E-state index in [1.807, 2.05) is 51.1 Å². The molecule has 1 aliphatic rings. The van der Waals surface area contributed by atoms with Gasteiger partial charge in [0.15, 0.2) is 11.5 Å². The molecule has 0 saturated heterocycles. The van der Waals surface area contributed by atoms with Crippen molar-refractivity contribution in [1.82, 2.24) is 0 Å². The minimum atomic E-state index is -1.06. The van der Waals surface area contributed by atoms with E-state index in [4.69, 9.17) is 9.47 Å². The maximum Gasteiger partial charge on any atom is 0.161 e. The highest BCUT2D eigenvalue weighted by atomic mass is 16.6. The zero-order valence-electron chi connectivity index (χ0n) is 12.6. The summed E-state index contributed by atoms with van der Waals surface area (Å²) in [4.78, 5) is 0. The minimum absolute atomic E-state index is 0.544. The van der Waals surface area contributed by atoms with Crippen molar-refractivity contribution in [2.45, 2.75) is 26.4 Å². The van der Waals surface area contributed by atoms with Crippen LogP contribution in [0.15, 0.2) is 36.4 Å². The fourth-order valence-electron chi connectivity index (χ4n) is 2.77. The van der Waals surface area contributed by atoms with Gasteiger partial charge in [-0.25, -0.2) is 0 Å². The third-order valence-corrected chi connectivity index (χ3v) is 3.89. The number of aliphatic hydroxyl groups is 1. The molecular formula is C18H20O3. The Morgan fingerprint density at radius 2 is 1.48 bits per heavy atom. The molecule has 3 nitrogen and oxygen atoms in total. The van der Waals surface area contributed by atoms with Gasteiger partial charge in [0, 0.05) is 0 Å². The molecule has 110 valence electrons. The molecule has 0 amide bonds. The van der Waals surface area contributed by atoms with Crippen molar-refractivity contribution < 1.29 is 14.6 Å². The number of ether oxygens (including phenoxy) is 2. The Labute approximate surface area is 125 Å². The maximum absolute atomic E-state index is 11.0. The molecule has 0 aromatic heterocycles. The predicted octanol–water partition coefficient (Wildman–Crippen LogP) is 3.33. The lowest BCUT2D eigenvalue weighted by atomic mass is 9.86. The molecule has 2 aromatic carbocycles. The zero-order valence-corrected chi connectivity index (χ0v) is 12.6. The van der Waals surface area contributed by atoms with Gasteiger partial charge >= 0.3 is 0 Å². The summed E-state index contributed by atoms with van der Waals surface area (Å²) in [7, 11) is 0. The monoisotopic (exact) mass is 284 g/mol. The summed E-state index contributed by atoms with van der Waals surface area (Å²) >= 11 is 0. The molecule has 1 unspecified atom stereocenters. The number of aryl methyl sites for hydroxylation is 2. The Morgan fingerprint density at radius 3 is 2.14 bits per heavy atom. The Bertz CT molecular complexity index is 654. The van der Waals surface area contributed by atoms with Gasteiger partial charge in [-0.3, -0.25) is 0 Å². The second kappa shape index (κ2) is 5.08. The highest BCUT2D eigenvalue weighted by Crippen LogP contribution is 2.37. The van der Waals surface area contributed by atoms with Gasteiger partial charge in [0.2, 0.25) is 0 Å². The van der Waals surface area contributed by atoms with Crippen molar-refractivity contribution in [3.05, 3.63) is 58.7 Å². The quantitative estimate of drug-likeness (QED) is 0.919. The van der Waals surface area contributed by atoms with Crippen LogP contribution in [0, 0.1) is 13.8 Å². The third-order valence-electron chi connectivity index (χ3n) is 3.89. The molecule has 0 spiro atoms. The molecule has 0 radical (unpaired) electrons. The summed E-state index contributed by atoms with van der Waals surface area (Å²) in [6.45, 7) is 7.00. The van der Waals surface area contributed by atoms with Crippen LogP contribution in [-0.2, 0) is 5.60 Å². The largest absolute Gasteiger partial charge is 0.486 e. The molecule has 0 bridgehead atoms. The minimum Gasteiger partial charge on any atom is -0.486 e. The number of hydrogen-bond donors (Lipinski definition) is 1. The molecule has 1 N–H and O–H groups in total. The molecular weight excluding hydrogens is 264 g/mol. The van der Waals surface area contributed by atoms with Crippen LogP contribution in [0.5, 0.6) is 11.5 Å². The van der Waals surface area contributed by atoms with E-state index in [1.54, 1.807) is 0 Å². The predicted molar refractivity (Wildman–Crippen MR) is 82.0 cm³/mol. The van der Waals surface area contributed by atoms with Crippen LogP contribution >= 0.6 is 0 Å². The smallest absolute Gasteiger partial charge is 0.161 e. The first-order valence-corrected chi connectivity index (χ1v) is 7.18. The van der Waals surface area contributed by atoms with E-state index in [0.717, 1.165) is 28.0 Å². The van der Waals surface area contributed by atoms with Crippen LogP contribution < -0.4 is 9.47 Å². The van der Waals surface area contributed by atoms with Gasteiger partial charge in [-0.05, 0) is 44.0 Å². The number of benzene rings is 2. The zero-order chi connectivity index (χ0) is 15.0. The molecule has 0 aliphatic carbocycles. The summed E-state index contributed by atoms with van der Waals surface area (Å²) in [6.07, 6.45) is 0. The van der Waals surface area contributed by atoms with E-state index in [1.165, 1.54) is 0 Å². The van der Waals surface area contributed by atoms with Crippen molar-refractivity contribution in [1.29, 1.82) is 0 Å². The lowest BCUT2D eigenvalue weighted by molar-refractivity contribution is 0.101. The molecule has 2 aromatic rings. The maximum atomic E-state index is 11.0. The summed E-state index contributed by atoms with van der Waals surface area (Å²) in [5, 5.41) is 11.0. The first-order valence-electron chi connectivity index (χ1n) is 7.18. The van der Waals surface area contributed by atoms with Crippen molar-refractivity contribution in [2.75, 3.05) is 13.2 Å². The summed E-state index contributed by atoms with van der Waals surface area (Å²) in [5.74, 6) is 1.43. The van der Waals surface area contributed by atoms with E-state index in [9.17, 15) is 5.11 Å². The van der Waals surface area contributed by atoms with Crippen LogP contribution in [-0.4, -0.2) is 18.3 Å². The number of hydrogen-bond acceptors (Lipinski definition) is 3. The Hall–Kier alpha value is -2.00. The Kier molecular flexibility index (Phi) is 3.38. The molecule has 1 heterocycles. The van der Waals surface area contributed by atoms with Crippen LogP contribution in [0.25, 0.3) is 0 Å². The highest BCUT2D eigenvalue weighted by molar-refractivity contribution is 5.48. The van der Waals surface area contributed by atoms with Gasteiger partial charge in [-0.1, -0.05) is 35.4 Å². The molecule has 3 rings (SSSR count). The molecule has 3 heteroatoms. The van der Waals surface area contributed by atoms with Gasteiger partial charge < -0.3 is 14.6 Å². The summed E-state index contributed by atoms with van der Waals surface area (Å²) in [5.41, 5.74) is 2.91. The van der Waals surface area contributed by atoms with Gasteiger partial charge in [0.05, 0.1) is 0 Å². The van der Waals surface area contributed by atoms with E-state index in [0.29, 0.717) is 19.0 Å². The van der Waals surface area contributed by atoms with Crippen molar-refractivity contribution >= 4 is 0 Å². The molecule has 21 heavy (non-hydrogen) atoms. The standard InChI is InChI=1S/C18H20O3/c1-12-8-13(2)10-15(9-12)18(3,19)14-4-5-16-17(11-14)21-7-6-20-16/h4-5,8-11,19H,6-7H2,1-3H3. The van der Waals surface area contributed by atoms with Crippen LogP contribution in [0.4, 0.5) is 0 Å². The van der Waals surface area contributed by atoms with Gasteiger partial charge in [0.1, 0.15) is 18.8 Å². The average Bonchev–Trinajstić information content (AvgIpc) is 2.45. The average molecular weight is 284 g/mol. The number of fused-ring (bicyclic) bond motifs is 1. The summed E-state index contributed by atoms with van der Waals surface area (Å²) in [6, 6.07) is 11.8. The molecule has 0 fully saturated rings. The first kappa shape index (κ1) is 14.0.